The molecule has 0 amide bonds. The minimum atomic E-state index is -7.28. The van der Waals surface area contributed by atoms with E-state index in [4.69, 9.17) is 0 Å². The summed E-state index contributed by atoms with van der Waals surface area (Å²) in [7, 11) is -6.38. The number of hydrogen-bond acceptors (Lipinski definition) is 5. The lowest BCUT2D eigenvalue weighted by Crippen LogP contribution is -2.62. The van der Waals surface area contributed by atoms with Crippen LogP contribution in [0.2, 0.25) is 0 Å². The van der Waals surface area contributed by atoms with Crippen LogP contribution in [-0.4, -0.2) is 50.6 Å². The summed E-state index contributed by atoms with van der Waals surface area (Å²) in [6.45, 7) is 2.34. The minimum absolute atomic E-state index is 0.227. The molecule has 0 saturated heterocycles. The molecule has 0 radical (unpaired) electrons. The van der Waals surface area contributed by atoms with E-state index in [9.17, 15) is 61.1 Å². The summed E-state index contributed by atoms with van der Waals surface area (Å²) in [6.07, 6.45) is -21.4. The molecule has 0 heterocycles. The maximum atomic E-state index is 13.6. The fourth-order valence-corrected chi connectivity index (χ4v) is 2.26. The molecule has 5 nitrogen and oxygen atoms in total. The van der Waals surface area contributed by atoms with Crippen LogP contribution in [0.4, 0.5) is 52.7 Å². The Morgan fingerprint density at radius 3 is 1.48 bits per heavy atom. The second-order valence-electron chi connectivity index (χ2n) is 5.85. The highest BCUT2D eigenvalue weighted by atomic mass is 32.2. The Morgan fingerprint density at radius 1 is 0.710 bits per heavy atom. The van der Waals surface area contributed by atoms with Crippen LogP contribution in [0.3, 0.4) is 0 Å². The van der Waals surface area contributed by atoms with E-state index in [0.717, 1.165) is 6.92 Å². The van der Waals surface area contributed by atoms with Gasteiger partial charge >= 0.3 is 39.8 Å². The Morgan fingerprint density at radius 2 is 1.13 bits per heavy atom. The fourth-order valence-electron chi connectivity index (χ4n) is 1.73. The van der Waals surface area contributed by atoms with Crippen molar-refractivity contribution >= 4 is 10.1 Å². The van der Waals surface area contributed by atoms with Crippen molar-refractivity contribution in [2.24, 2.45) is 0 Å². The van der Waals surface area contributed by atoms with Gasteiger partial charge in [0, 0.05) is 0 Å². The zero-order valence-corrected chi connectivity index (χ0v) is 16.3. The minimum Gasteiger partial charge on any atom is -0.322 e. The predicted octanol–water partition coefficient (Wildman–Crippen LogP) is 5.56. The molecule has 0 aromatic heterocycles. The molecule has 18 heteroatoms. The molecule has 0 aromatic rings. The van der Waals surface area contributed by atoms with Crippen LogP contribution in [0.15, 0.2) is 0 Å². The lowest BCUT2D eigenvalue weighted by Gasteiger charge is -2.35. The predicted molar refractivity (Wildman–Crippen MR) is 76.5 cm³/mol. The topological polar surface area (TPSA) is 61.8 Å². The summed E-state index contributed by atoms with van der Waals surface area (Å²) in [5.74, 6) is -14.5. The molecular weight excluding hydrogens is 496 g/mol. The van der Waals surface area contributed by atoms with Crippen molar-refractivity contribution in [2.45, 2.75) is 81.7 Å². The first-order valence-electron chi connectivity index (χ1n) is 8.10. The van der Waals surface area contributed by atoms with Gasteiger partial charge < -0.3 is 4.74 Å². The highest BCUT2D eigenvalue weighted by molar-refractivity contribution is 7.87. The van der Waals surface area contributed by atoms with E-state index in [-0.39, 0.29) is 12.8 Å². The smallest absolute Gasteiger partial charge is 0.322 e. The van der Waals surface area contributed by atoms with E-state index in [2.05, 4.69) is 13.7 Å². The molecule has 0 saturated carbocycles. The second-order valence-corrected chi connectivity index (χ2v) is 7.41. The van der Waals surface area contributed by atoms with Gasteiger partial charge in [-0.3, -0.25) is 4.74 Å². The van der Waals surface area contributed by atoms with Crippen LogP contribution in [0, 0.1) is 0 Å². The van der Waals surface area contributed by atoms with Gasteiger partial charge in [-0.05, 0) is 12.8 Å². The molecule has 0 aliphatic rings. The van der Waals surface area contributed by atoms with Crippen molar-refractivity contribution in [1.82, 2.24) is 0 Å². The average Bonchev–Trinajstić information content (AvgIpc) is 2.51. The normalized spacial score (nSPS) is 17.0. The molecule has 2 atom stereocenters. The van der Waals surface area contributed by atoms with Crippen LogP contribution in [0.5, 0.6) is 0 Å². The second kappa shape index (κ2) is 9.86. The maximum Gasteiger partial charge on any atom is 0.523 e. The first kappa shape index (κ1) is 30.0. The largest absolute Gasteiger partial charge is 0.523 e. The van der Waals surface area contributed by atoms with Gasteiger partial charge in [0.2, 0.25) is 0 Å². The van der Waals surface area contributed by atoms with E-state index in [1.165, 1.54) is 6.92 Å². The standard InChI is InChI=1S/C13H16F12O5S/c1-3-5-7(28-8(6-4-2)30-31(26,27)13(23,24)25)29-12(21,22)10(16,17)9(14,15)11(18,19)20/h7-8H,3-6H2,1-2H3. The third kappa shape index (κ3) is 6.98. The number of rotatable bonds is 12. The summed E-state index contributed by atoms with van der Waals surface area (Å²) in [5, 5.41) is 0. The van der Waals surface area contributed by atoms with E-state index < -0.39 is 65.2 Å². The van der Waals surface area contributed by atoms with E-state index in [1.54, 1.807) is 0 Å². The van der Waals surface area contributed by atoms with E-state index in [0.29, 0.717) is 0 Å². The molecule has 31 heavy (non-hydrogen) atoms. The molecule has 0 spiro atoms. The lowest BCUT2D eigenvalue weighted by atomic mass is 10.1. The zero-order chi connectivity index (χ0) is 25.1. The zero-order valence-electron chi connectivity index (χ0n) is 15.5. The summed E-state index contributed by atoms with van der Waals surface area (Å²) in [4.78, 5) is 0. The highest BCUT2D eigenvalue weighted by Crippen LogP contribution is 2.53. The quantitative estimate of drug-likeness (QED) is 0.148. The Hall–Kier alpha value is -1.01. The first-order chi connectivity index (χ1) is 13.6. The molecule has 0 fully saturated rings. The van der Waals surface area contributed by atoms with Gasteiger partial charge in [0.1, 0.15) is 0 Å². The summed E-state index contributed by atoms with van der Waals surface area (Å²) >= 11 is 0. The molecule has 0 N–H and O–H groups in total. The van der Waals surface area contributed by atoms with Crippen LogP contribution >= 0.6 is 0 Å². The van der Waals surface area contributed by atoms with Crippen LogP contribution in [0.1, 0.15) is 39.5 Å². The lowest BCUT2D eigenvalue weighted by molar-refractivity contribution is -0.465. The van der Waals surface area contributed by atoms with Crippen molar-refractivity contribution < 1.29 is 74.8 Å². The van der Waals surface area contributed by atoms with Crippen LogP contribution in [0.25, 0.3) is 0 Å². The van der Waals surface area contributed by atoms with Crippen molar-refractivity contribution in [2.75, 3.05) is 0 Å². The molecule has 0 aliphatic heterocycles. The van der Waals surface area contributed by atoms with Crippen molar-refractivity contribution in [3.05, 3.63) is 0 Å². The molecule has 0 rings (SSSR count). The first-order valence-corrected chi connectivity index (χ1v) is 9.51. The molecule has 0 aromatic carbocycles. The molecule has 188 valence electrons. The van der Waals surface area contributed by atoms with Crippen molar-refractivity contribution in [1.29, 1.82) is 0 Å². The third-order valence-electron chi connectivity index (χ3n) is 3.27. The molecule has 0 bridgehead atoms. The summed E-state index contributed by atoms with van der Waals surface area (Å²) in [6, 6.07) is 0. The van der Waals surface area contributed by atoms with Gasteiger partial charge in [-0.1, -0.05) is 26.7 Å². The average molecular weight is 512 g/mol. The van der Waals surface area contributed by atoms with E-state index >= 15 is 0 Å². The number of ether oxygens (including phenoxy) is 2. The molecule has 0 aliphatic carbocycles. The van der Waals surface area contributed by atoms with Gasteiger partial charge in [-0.15, -0.1) is 0 Å². The SMILES string of the molecule is CCCC(OC(CCC)OS(=O)(=O)C(F)(F)F)OC(F)(F)C(F)(F)C(F)(F)C(F)(F)F. The van der Waals surface area contributed by atoms with Gasteiger partial charge in [0.05, 0.1) is 0 Å². The number of alkyl halides is 12. The van der Waals surface area contributed by atoms with Crippen molar-refractivity contribution in [3.8, 4) is 0 Å². The van der Waals surface area contributed by atoms with E-state index in [1.807, 2.05) is 0 Å². The van der Waals surface area contributed by atoms with Crippen LogP contribution in [-0.2, 0) is 23.8 Å². The Bertz CT molecular complexity index is 673. The Kier molecular flexibility index (Phi) is 9.54. The number of halogens is 12. The number of hydrogen-bond donors (Lipinski definition) is 0. The Balaban J connectivity index is 5.82. The molecule has 2 unspecified atom stereocenters. The summed E-state index contributed by atoms with van der Waals surface area (Å²) < 4.78 is 186. The van der Waals surface area contributed by atoms with Gasteiger partial charge in [0.25, 0.3) is 0 Å². The molecular formula is C13H16F12O5S. The highest BCUT2D eigenvalue weighted by Gasteiger charge is 2.83. The van der Waals surface area contributed by atoms with Crippen molar-refractivity contribution in [3.63, 3.8) is 0 Å². The van der Waals surface area contributed by atoms with Gasteiger partial charge in [0.15, 0.2) is 12.6 Å². The fraction of sp³-hybridized carbons (Fsp3) is 1.00. The monoisotopic (exact) mass is 512 g/mol. The van der Waals surface area contributed by atoms with Gasteiger partial charge in [-0.25, -0.2) is 4.18 Å². The van der Waals surface area contributed by atoms with Crippen LogP contribution < -0.4 is 0 Å². The maximum absolute atomic E-state index is 13.6. The van der Waals surface area contributed by atoms with Gasteiger partial charge in [-0.2, -0.15) is 61.1 Å². The Labute approximate surface area is 167 Å². The third-order valence-corrected chi connectivity index (χ3v) is 4.30. The summed E-state index contributed by atoms with van der Waals surface area (Å²) in [5.41, 5.74) is -6.00.